The van der Waals surface area contributed by atoms with Gasteiger partial charge in [-0.05, 0) is 37.5 Å². The summed E-state index contributed by atoms with van der Waals surface area (Å²) in [5.74, 6) is -0.929. The molecule has 0 unspecified atom stereocenters. The Morgan fingerprint density at radius 1 is 1.30 bits per heavy atom. The normalized spacial score (nSPS) is 14.4. The van der Waals surface area contributed by atoms with Crippen molar-refractivity contribution < 1.29 is 14.7 Å². The van der Waals surface area contributed by atoms with E-state index in [1.54, 1.807) is 13.1 Å². The number of piperidine rings is 1. The van der Waals surface area contributed by atoms with Crippen molar-refractivity contribution in [3.63, 3.8) is 0 Å². The lowest BCUT2D eigenvalue weighted by molar-refractivity contribution is -0.137. The smallest absolute Gasteiger partial charge is 0.321 e. The molecular weight excluding hydrogens is 318 g/mol. The molecule has 0 atom stereocenters. The Kier molecular flexibility index (Phi) is 6.10. The average Bonchev–Trinajstić information content (AvgIpc) is 2.53. The first-order valence-electron chi connectivity index (χ1n) is 7.76. The third-order valence-corrected chi connectivity index (χ3v) is 4.14. The van der Waals surface area contributed by atoms with Crippen molar-refractivity contribution in [2.45, 2.75) is 25.7 Å². The van der Waals surface area contributed by atoms with Gasteiger partial charge in [0.05, 0.1) is 17.8 Å². The Hall–Kier alpha value is -1.95. The van der Waals surface area contributed by atoms with Gasteiger partial charge in [-0.25, -0.2) is 4.79 Å². The van der Waals surface area contributed by atoms with Gasteiger partial charge in [0.1, 0.15) is 0 Å². The van der Waals surface area contributed by atoms with Crippen LogP contribution in [-0.4, -0.2) is 48.7 Å². The molecular formula is C16H22ClN3O3. The Morgan fingerprint density at radius 3 is 2.65 bits per heavy atom. The van der Waals surface area contributed by atoms with E-state index < -0.39 is 5.97 Å². The molecule has 23 heavy (non-hydrogen) atoms. The van der Waals surface area contributed by atoms with Crippen LogP contribution in [0.3, 0.4) is 0 Å². The molecule has 1 aromatic rings. The molecule has 1 fully saturated rings. The minimum absolute atomic E-state index is 0.0849. The van der Waals surface area contributed by atoms with Crippen LogP contribution in [0, 0.1) is 0 Å². The monoisotopic (exact) mass is 339 g/mol. The number of urea groups is 1. The lowest BCUT2D eigenvalue weighted by Crippen LogP contribution is -2.34. The van der Waals surface area contributed by atoms with E-state index in [1.807, 2.05) is 12.1 Å². The van der Waals surface area contributed by atoms with E-state index in [9.17, 15) is 9.59 Å². The van der Waals surface area contributed by atoms with Gasteiger partial charge >= 0.3 is 12.0 Å². The van der Waals surface area contributed by atoms with Gasteiger partial charge in [0.15, 0.2) is 0 Å². The number of nitrogens with zero attached hydrogens (tertiary/aromatic N) is 2. The molecule has 0 bridgehead atoms. The summed E-state index contributed by atoms with van der Waals surface area (Å²) in [5.41, 5.74) is 1.61. The van der Waals surface area contributed by atoms with Crippen LogP contribution in [0.15, 0.2) is 18.2 Å². The number of carbonyl (C=O) groups excluding carboxylic acids is 1. The first kappa shape index (κ1) is 17.4. The highest BCUT2D eigenvalue weighted by molar-refractivity contribution is 6.31. The maximum absolute atomic E-state index is 12.2. The van der Waals surface area contributed by atoms with E-state index in [1.165, 1.54) is 11.3 Å². The molecule has 1 aromatic carbocycles. The van der Waals surface area contributed by atoms with Gasteiger partial charge in [0.25, 0.3) is 0 Å². The molecule has 1 heterocycles. The standard InChI is InChI=1S/C16H22ClN3O3/c1-19(10-7-15(21)22)16(23)18-13-11-12(17)5-6-14(13)20-8-3-2-4-9-20/h5-6,11H,2-4,7-10H2,1H3,(H,18,23)(H,21,22). The van der Waals surface area contributed by atoms with Crippen LogP contribution < -0.4 is 10.2 Å². The second-order valence-corrected chi connectivity index (χ2v) is 6.14. The summed E-state index contributed by atoms with van der Waals surface area (Å²) >= 11 is 6.06. The van der Waals surface area contributed by atoms with Crippen LogP contribution in [0.4, 0.5) is 16.2 Å². The van der Waals surface area contributed by atoms with Crippen LogP contribution in [0.25, 0.3) is 0 Å². The molecule has 7 heteroatoms. The van der Waals surface area contributed by atoms with Crippen LogP contribution >= 0.6 is 11.6 Å². The van der Waals surface area contributed by atoms with Crippen molar-refractivity contribution in [1.29, 1.82) is 0 Å². The predicted molar refractivity (Wildman–Crippen MR) is 91.4 cm³/mol. The molecule has 1 saturated heterocycles. The summed E-state index contributed by atoms with van der Waals surface area (Å²) in [6, 6.07) is 5.12. The quantitative estimate of drug-likeness (QED) is 0.863. The van der Waals surface area contributed by atoms with Crippen molar-refractivity contribution in [3.8, 4) is 0 Å². The summed E-state index contributed by atoms with van der Waals surface area (Å²) in [4.78, 5) is 26.4. The number of nitrogens with one attached hydrogen (secondary N) is 1. The van der Waals surface area contributed by atoms with Crippen LogP contribution in [0.2, 0.25) is 5.02 Å². The molecule has 0 aliphatic carbocycles. The lowest BCUT2D eigenvalue weighted by Gasteiger charge is -2.31. The lowest BCUT2D eigenvalue weighted by atomic mass is 10.1. The summed E-state index contributed by atoms with van der Waals surface area (Å²) < 4.78 is 0. The highest BCUT2D eigenvalue weighted by Gasteiger charge is 2.18. The Morgan fingerprint density at radius 2 is 2.00 bits per heavy atom. The maximum atomic E-state index is 12.2. The molecule has 1 aliphatic rings. The van der Waals surface area contributed by atoms with Crippen LogP contribution in [-0.2, 0) is 4.79 Å². The summed E-state index contributed by atoms with van der Waals surface area (Å²) in [6.45, 7) is 2.07. The minimum atomic E-state index is -0.929. The first-order valence-corrected chi connectivity index (χ1v) is 8.13. The van der Waals surface area contributed by atoms with Gasteiger partial charge in [-0.15, -0.1) is 0 Å². The van der Waals surface area contributed by atoms with E-state index in [0.29, 0.717) is 10.7 Å². The fraction of sp³-hybridized carbons (Fsp3) is 0.500. The summed E-state index contributed by atoms with van der Waals surface area (Å²) in [7, 11) is 1.57. The molecule has 2 amide bonds. The van der Waals surface area contributed by atoms with Gasteiger partial charge in [0, 0.05) is 31.7 Å². The van der Waals surface area contributed by atoms with Crippen molar-refractivity contribution in [2.75, 3.05) is 36.9 Å². The zero-order chi connectivity index (χ0) is 16.8. The van der Waals surface area contributed by atoms with Gasteiger partial charge in [-0.3, -0.25) is 4.79 Å². The molecule has 0 aromatic heterocycles. The topological polar surface area (TPSA) is 72.9 Å². The molecule has 6 nitrogen and oxygen atoms in total. The van der Waals surface area contributed by atoms with E-state index in [0.717, 1.165) is 31.6 Å². The predicted octanol–water partition coefficient (Wildman–Crippen LogP) is 3.27. The Balaban J connectivity index is 2.09. The minimum Gasteiger partial charge on any atom is -0.481 e. The number of hydrogen-bond acceptors (Lipinski definition) is 3. The number of anilines is 2. The third-order valence-electron chi connectivity index (χ3n) is 3.90. The fourth-order valence-electron chi connectivity index (χ4n) is 2.59. The number of carbonyl (C=O) groups is 2. The van der Waals surface area contributed by atoms with Crippen molar-refractivity contribution in [2.24, 2.45) is 0 Å². The second-order valence-electron chi connectivity index (χ2n) is 5.70. The number of aliphatic carboxylic acids is 1. The number of rotatable bonds is 5. The third kappa shape index (κ3) is 5.03. The molecule has 2 N–H and O–H groups in total. The number of hydrogen-bond donors (Lipinski definition) is 2. The maximum Gasteiger partial charge on any atom is 0.321 e. The number of carboxylic acid groups (broad SMARTS) is 1. The summed E-state index contributed by atoms with van der Waals surface area (Å²) in [5, 5.41) is 12.1. The molecule has 0 saturated carbocycles. The van der Waals surface area contributed by atoms with Crippen molar-refractivity contribution in [3.05, 3.63) is 23.2 Å². The number of benzene rings is 1. The van der Waals surface area contributed by atoms with Gasteiger partial charge in [0.2, 0.25) is 0 Å². The molecule has 126 valence electrons. The highest BCUT2D eigenvalue weighted by Crippen LogP contribution is 2.31. The molecule has 0 radical (unpaired) electrons. The van der Waals surface area contributed by atoms with Crippen LogP contribution in [0.1, 0.15) is 25.7 Å². The fourth-order valence-corrected chi connectivity index (χ4v) is 2.77. The molecule has 1 aliphatic heterocycles. The SMILES string of the molecule is CN(CCC(=O)O)C(=O)Nc1cc(Cl)ccc1N1CCCCC1. The summed E-state index contributed by atoms with van der Waals surface area (Å²) in [6.07, 6.45) is 3.41. The van der Waals surface area contributed by atoms with E-state index in [2.05, 4.69) is 10.2 Å². The van der Waals surface area contributed by atoms with Crippen LogP contribution in [0.5, 0.6) is 0 Å². The van der Waals surface area contributed by atoms with Gasteiger partial charge in [-0.2, -0.15) is 0 Å². The van der Waals surface area contributed by atoms with E-state index in [-0.39, 0.29) is 19.0 Å². The zero-order valence-corrected chi connectivity index (χ0v) is 14.0. The van der Waals surface area contributed by atoms with Crippen molar-refractivity contribution in [1.82, 2.24) is 4.90 Å². The zero-order valence-electron chi connectivity index (χ0n) is 13.2. The number of halogens is 1. The number of amides is 2. The molecule has 2 rings (SSSR count). The van der Waals surface area contributed by atoms with Gasteiger partial charge < -0.3 is 20.2 Å². The van der Waals surface area contributed by atoms with Crippen molar-refractivity contribution >= 4 is 35.0 Å². The molecule has 0 spiro atoms. The number of carboxylic acids is 1. The van der Waals surface area contributed by atoms with Gasteiger partial charge in [-0.1, -0.05) is 11.6 Å². The average molecular weight is 340 g/mol. The Labute approximate surface area is 141 Å². The van der Waals surface area contributed by atoms with E-state index >= 15 is 0 Å². The Bertz CT molecular complexity index is 574. The highest BCUT2D eigenvalue weighted by atomic mass is 35.5. The first-order chi connectivity index (χ1) is 11.0. The second kappa shape index (κ2) is 8.06. The van der Waals surface area contributed by atoms with E-state index in [4.69, 9.17) is 16.7 Å². The largest absolute Gasteiger partial charge is 0.481 e.